The van der Waals surface area contributed by atoms with Crippen molar-refractivity contribution in [3.8, 4) is 0 Å². The molecule has 2 aromatic rings. The molecule has 92 heavy (non-hydrogen) atoms. The van der Waals surface area contributed by atoms with Gasteiger partial charge in [-0.05, 0) is 68.9 Å². The van der Waals surface area contributed by atoms with E-state index in [0.29, 0.717) is 49.7 Å². The molecule has 2 aromatic carbocycles. The fourth-order valence-electron chi connectivity index (χ4n) is 9.85. The molecule has 32 heteroatoms. The summed E-state index contributed by atoms with van der Waals surface area (Å²) in [5, 5.41) is 84.4. The van der Waals surface area contributed by atoms with Crippen LogP contribution in [0.5, 0.6) is 0 Å². The standard InChI is InChI=1S/C60H90N12O20/c61-60(58(90)91,68-59(92)67-44(57(88)89)22-23-50(76)77)24-12-14-26-63-48(74)21-10-2-1-9-20-47(73)62-25-13-11-19-43(56(86)87)65-55(85)46(36-42-17-7-4-8-18-42)66-54(84)45(35-41-15-5-3-6-16-41)64-49(75)37-69-27-29-70(38-51(78)79)31-33-72(40-53(82)83)34-32-71(30-28-69)39-52(80)81/h3-8,15-18,43-46H,1-2,9-14,19-40,61H2,(H,62,73)(H,63,74)(H,64,75)(H,65,85)(H,66,84)(H,76,77)(H,78,79)(H,80,81)(H,82,83)(H,86,87)(H,88,89)(H,90,91)(H2,67,68,92)/t43?,44?,45?,46?,60-/m0/s1. The minimum Gasteiger partial charge on any atom is -0.481 e. The minimum atomic E-state index is -2.28. The van der Waals surface area contributed by atoms with Gasteiger partial charge in [0.05, 0.1) is 26.2 Å². The van der Waals surface area contributed by atoms with E-state index in [1.807, 2.05) is 10.6 Å². The number of benzene rings is 2. The summed E-state index contributed by atoms with van der Waals surface area (Å²) in [5.74, 6) is -11.8. The van der Waals surface area contributed by atoms with E-state index in [9.17, 15) is 93.0 Å². The number of hydrogen-bond acceptors (Lipinski definition) is 18. The molecule has 0 aliphatic carbocycles. The van der Waals surface area contributed by atoms with E-state index >= 15 is 0 Å². The Balaban J connectivity index is 1.52. The highest BCUT2D eigenvalue weighted by Gasteiger charge is 2.37. The van der Waals surface area contributed by atoms with Crippen LogP contribution in [0.3, 0.4) is 0 Å². The van der Waals surface area contributed by atoms with Gasteiger partial charge in [-0.1, -0.05) is 73.5 Å². The van der Waals surface area contributed by atoms with Gasteiger partial charge in [-0.25, -0.2) is 19.2 Å². The van der Waals surface area contributed by atoms with Crippen LogP contribution < -0.4 is 43.0 Å². The van der Waals surface area contributed by atoms with Crippen LogP contribution in [0.1, 0.15) is 101 Å². The van der Waals surface area contributed by atoms with Crippen molar-refractivity contribution < 1.29 is 98.1 Å². The summed E-state index contributed by atoms with van der Waals surface area (Å²) in [7, 11) is 0. The van der Waals surface area contributed by atoms with Gasteiger partial charge in [-0.3, -0.25) is 68.5 Å². The van der Waals surface area contributed by atoms with Crippen molar-refractivity contribution in [2.45, 2.75) is 133 Å². The number of amides is 7. The molecule has 1 heterocycles. The summed E-state index contributed by atoms with van der Waals surface area (Å²) in [4.78, 5) is 168. The monoisotopic (exact) mass is 1300 g/mol. The quantitative estimate of drug-likeness (QED) is 0.0273. The average Bonchev–Trinajstić information content (AvgIpc) is 1.47. The Morgan fingerprint density at radius 2 is 0.804 bits per heavy atom. The summed E-state index contributed by atoms with van der Waals surface area (Å²) in [6.45, 7) is 0.213. The SMILES string of the molecule is N[C@@](CCCCNC(=O)CCCCCCC(=O)NCCCCC(NC(=O)C(Cc1ccccc1)NC(=O)C(Cc1ccccc1)NC(=O)CN1CCN(CC(=O)O)CCN(CC(=O)O)CCN(CC(=O)O)CC1)C(=O)O)(NC(=O)NC(CCC(=O)O)C(=O)O)C(=O)O. The van der Waals surface area contributed by atoms with Crippen LogP contribution in [-0.2, 0) is 70.4 Å². The first-order valence-electron chi connectivity index (χ1n) is 30.6. The van der Waals surface area contributed by atoms with Gasteiger partial charge in [0.15, 0.2) is 5.66 Å². The van der Waals surface area contributed by atoms with Gasteiger partial charge in [0.2, 0.25) is 29.5 Å². The van der Waals surface area contributed by atoms with Crippen LogP contribution in [0.2, 0.25) is 0 Å². The summed E-state index contributed by atoms with van der Waals surface area (Å²) < 4.78 is 0. The molecule has 1 fully saturated rings. The molecule has 1 aliphatic rings. The third-order valence-corrected chi connectivity index (χ3v) is 14.9. The van der Waals surface area contributed by atoms with Crippen LogP contribution in [0.15, 0.2) is 60.7 Å². The van der Waals surface area contributed by atoms with Gasteiger partial charge in [0.1, 0.15) is 24.2 Å². The van der Waals surface area contributed by atoms with Crippen molar-refractivity contribution in [2.24, 2.45) is 5.73 Å². The lowest BCUT2D eigenvalue weighted by Crippen LogP contribution is -2.64. The summed E-state index contributed by atoms with van der Waals surface area (Å²) in [6.07, 6.45) is 2.40. The third kappa shape index (κ3) is 33.3. The zero-order valence-corrected chi connectivity index (χ0v) is 51.6. The van der Waals surface area contributed by atoms with Gasteiger partial charge < -0.3 is 73.0 Å². The molecule has 0 aromatic heterocycles. The van der Waals surface area contributed by atoms with Crippen LogP contribution in [0.4, 0.5) is 4.79 Å². The number of unbranched alkanes of at least 4 members (excludes halogenated alkanes) is 5. The molecule has 0 saturated carbocycles. The summed E-state index contributed by atoms with van der Waals surface area (Å²) in [5.41, 5.74) is 4.87. The Morgan fingerprint density at radius 1 is 0.413 bits per heavy atom. The molecule has 0 radical (unpaired) electrons. The van der Waals surface area contributed by atoms with E-state index in [0.717, 1.165) is 0 Å². The van der Waals surface area contributed by atoms with Crippen molar-refractivity contribution in [3.05, 3.63) is 71.8 Å². The molecule has 7 amide bonds. The van der Waals surface area contributed by atoms with Crippen LogP contribution >= 0.6 is 0 Å². The number of urea groups is 1. The van der Waals surface area contributed by atoms with Crippen LogP contribution in [0, 0.1) is 0 Å². The Hall–Kier alpha value is -8.85. The van der Waals surface area contributed by atoms with Gasteiger partial charge in [-0.2, -0.15) is 0 Å². The second kappa shape index (κ2) is 42.3. The number of nitrogens with zero attached hydrogens (tertiary/aromatic N) is 4. The molecule has 3 rings (SSSR count). The topological polar surface area (TPSA) is 487 Å². The number of carbonyl (C=O) groups is 13. The predicted octanol–water partition coefficient (Wildman–Crippen LogP) is -1.24. The van der Waals surface area contributed by atoms with Crippen LogP contribution in [0.25, 0.3) is 0 Å². The Bertz CT molecular complexity index is 2720. The molecule has 1 saturated heterocycles. The number of nitrogens with two attached hydrogens (primary N) is 1. The Morgan fingerprint density at radius 3 is 1.21 bits per heavy atom. The zero-order chi connectivity index (χ0) is 68.0. The van der Waals surface area contributed by atoms with E-state index in [1.165, 1.54) is 0 Å². The number of carboxylic acids is 7. The van der Waals surface area contributed by atoms with Crippen LogP contribution in [-0.4, -0.2) is 254 Å². The lowest BCUT2D eigenvalue weighted by Gasteiger charge is -2.33. The number of rotatable bonds is 42. The number of aliphatic carboxylic acids is 7. The normalized spacial score (nSPS) is 15.6. The van der Waals surface area contributed by atoms with Crippen molar-refractivity contribution in [3.63, 3.8) is 0 Å². The molecule has 0 spiro atoms. The third-order valence-electron chi connectivity index (χ3n) is 14.9. The molecule has 0 bridgehead atoms. The number of nitrogens with one attached hydrogen (secondary N) is 7. The zero-order valence-electron chi connectivity index (χ0n) is 51.6. The van der Waals surface area contributed by atoms with E-state index in [1.54, 1.807) is 80.3 Å². The van der Waals surface area contributed by atoms with Gasteiger partial charge >= 0.3 is 47.8 Å². The number of carboxylic acid groups (broad SMARTS) is 7. The lowest BCUT2D eigenvalue weighted by molar-refractivity contribution is -0.145. The van der Waals surface area contributed by atoms with Crippen molar-refractivity contribution >= 4 is 77.4 Å². The molecule has 32 nitrogen and oxygen atoms in total. The molecular weight excluding hydrogens is 1210 g/mol. The first kappa shape index (κ1) is 77.4. The summed E-state index contributed by atoms with van der Waals surface area (Å²) in [6, 6.07) is 10.6. The number of hydrogen-bond donors (Lipinski definition) is 15. The van der Waals surface area contributed by atoms with E-state index in [-0.39, 0.29) is 155 Å². The highest BCUT2D eigenvalue weighted by Crippen LogP contribution is 2.13. The lowest BCUT2D eigenvalue weighted by atomic mass is 10.0. The Kier molecular flexibility index (Phi) is 35.5. The molecule has 5 atom stereocenters. The molecule has 1 aliphatic heterocycles. The maximum absolute atomic E-state index is 14.4. The molecule has 510 valence electrons. The first-order valence-corrected chi connectivity index (χ1v) is 30.6. The van der Waals surface area contributed by atoms with E-state index < -0.39 is 108 Å². The largest absolute Gasteiger partial charge is 0.481 e. The highest BCUT2D eigenvalue weighted by atomic mass is 16.4. The average molecular weight is 1300 g/mol. The second-order valence-electron chi connectivity index (χ2n) is 22.5. The molecule has 16 N–H and O–H groups in total. The van der Waals surface area contributed by atoms with E-state index in [4.69, 9.17) is 10.8 Å². The van der Waals surface area contributed by atoms with Crippen molar-refractivity contribution in [2.75, 3.05) is 91.6 Å². The molecular formula is C60H90N12O20. The predicted molar refractivity (Wildman–Crippen MR) is 328 cm³/mol. The maximum Gasteiger partial charge on any atom is 0.344 e. The fourth-order valence-corrected chi connectivity index (χ4v) is 9.85. The Labute approximate surface area is 532 Å². The minimum absolute atomic E-state index is 0.0283. The second-order valence-corrected chi connectivity index (χ2v) is 22.5. The van der Waals surface area contributed by atoms with Gasteiger partial charge in [0.25, 0.3) is 0 Å². The van der Waals surface area contributed by atoms with Crippen molar-refractivity contribution in [1.82, 2.24) is 56.8 Å². The number of carbonyl (C=O) groups excluding carboxylic acids is 6. The van der Waals surface area contributed by atoms with Crippen molar-refractivity contribution in [1.29, 1.82) is 0 Å². The van der Waals surface area contributed by atoms with Gasteiger partial charge in [0, 0.05) is 97.6 Å². The molecule has 4 unspecified atom stereocenters. The highest BCUT2D eigenvalue weighted by molar-refractivity contribution is 5.94. The van der Waals surface area contributed by atoms with E-state index in [2.05, 4.69) is 26.6 Å². The smallest absolute Gasteiger partial charge is 0.344 e. The fraction of sp³-hybridized carbons (Fsp3) is 0.583. The van der Waals surface area contributed by atoms with Gasteiger partial charge in [-0.15, -0.1) is 0 Å². The first-order chi connectivity index (χ1) is 43.7. The summed E-state index contributed by atoms with van der Waals surface area (Å²) >= 11 is 0. The maximum atomic E-state index is 14.4.